The fourth-order valence-corrected chi connectivity index (χ4v) is 3.92. The standard InChI is InChI=1S/C16H24N2O/c1-12-4-5-14(15(19)8-12)17-11-16-6-3-7-18(16)10-13(2)9-16/h4-5,8,13,17,19H,3,6-7,9-11H2,1-2H3. The van der Waals surface area contributed by atoms with Gasteiger partial charge in [-0.25, -0.2) is 0 Å². The summed E-state index contributed by atoms with van der Waals surface area (Å²) in [6.45, 7) is 7.78. The molecule has 104 valence electrons. The van der Waals surface area contributed by atoms with Crippen LogP contribution in [-0.4, -0.2) is 35.2 Å². The second-order valence-corrected chi connectivity index (χ2v) is 6.46. The predicted octanol–water partition coefficient (Wildman–Crippen LogP) is 2.99. The molecule has 0 aromatic heterocycles. The van der Waals surface area contributed by atoms with Crippen LogP contribution in [0.3, 0.4) is 0 Å². The Hall–Kier alpha value is -1.22. The number of aryl methyl sites for hydroxylation is 1. The van der Waals surface area contributed by atoms with Gasteiger partial charge in [0.25, 0.3) is 0 Å². The summed E-state index contributed by atoms with van der Waals surface area (Å²) in [4.78, 5) is 2.65. The molecule has 2 heterocycles. The quantitative estimate of drug-likeness (QED) is 0.820. The van der Waals surface area contributed by atoms with Crippen molar-refractivity contribution in [2.45, 2.75) is 38.6 Å². The average molecular weight is 260 g/mol. The Labute approximate surface area is 115 Å². The second kappa shape index (κ2) is 4.71. The average Bonchev–Trinajstić information content (AvgIpc) is 2.83. The Morgan fingerprint density at radius 1 is 1.47 bits per heavy atom. The predicted molar refractivity (Wildman–Crippen MR) is 78.7 cm³/mol. The number of nitrogens with one attached hydrogen (secondary N) is 1. The van der Waals surface area contributed by atoms with Gasteiger partial charge in [0.05, 0.1) is 5.69 Å². The summed E-state index contributed by atoms with van der Waals surface area (Å²) in [5.74, 6) is 1.17. The summed E-state index contributed by atoms with van der Waals surface area (Å²) in [7, 11) is 0. The first-order chi connectivity index (χ1) is 9.09. The molecule has 0 spiro atoms. The van der Waals surface area contributed by atoms with E-state index in [1.165, 1.54) is 32.4 Å². The number of fused-ring (bicyclic) bond motifs is 1. The van der Waals surface area contributed by atoms with Gasteiger partial charge < -0.3 is 10.4 Å². The maximum absolute atomic E-state index is 9.98. The Morgan fingerprint density at radius 2 is 2.32 bits per heavy atom. The first-order valence-corrected chi connectivity index (χ1v) is 7.38. The molecular formula is C16H24N2O. The maximum atomic E-state index is 9.98. The summed E-state index contributed by atoms with van der Waals surface area (Å²) in [6.07, 6.45) is 3.89. The molecule has 3 heteroatoms. The molecule has 3 nitrogen and oxygen atoms in total. The third-order valence-corrected chi connectivity index (χ3v) is 4.76. The molecule has 2 aliphatic heterocycles. The van der Waals surface area contributed by atoms with Crippen LogP contribution in [0.15, 0.2) is 18.2 Å². The molecule has 2 saturated heterocycles. The van der Waals surface area contributed by atoms with Crippen molar-refractivity contribution in [3.63, 3.8) is 0 Å². The number of rotatable bonds is 3. The van der Waals surface area contributed by atoms with Crippen molar-refractivity contribution in [2.24, 2.45) is 5.92 Å². The van der Waals surface area contributed by atoms with Crippen LogP contribution in [0, 0.1) is 12.8 Å². The zero-order chi connectivity index (χ0) is 13.5. The van der Waals surface area contributed by atoms with Crippen LogP contribution in [-0.2, 0) is 0 Å². The Bertz CT molecular complexity index is 474. The zero-order valence-corrected chi connectivity index (χ0v) is 11.9. The third-order valence-electron chi connectivity index (χ3n) is 4.76. The third kappa shape index (κ3) is 2.32. The van der Waals surface area contributed by atoms with E-state index in [9.17, 15) is 5.11 Å². The molecule has 2 unspecified atom stereocenters. The molecule has 2 aliphatic rings. The molecule has 19 heavy (non-hydrogen) atoms. The SMILES string of the molecule is Cc1ccc(NCC23CCCN2CC(C)C3)c(O)c1. The van der Waals surface area contributed by atoms with Crippen molar-refractivity contribution >= 4 is 5.69 Å². The normalized spacial score (nSPS) is 30.5. The largest absolute Gasteiger partial charge is 0.506 e. The highest BCUT2D eigenvalue weighted by Gasteiger charge is 2.46. The van der Waals surface area contributed by atoms with Crippen LogP contribution in [0.5, 0.6) is 5.75 Å². The van der Waals surface area contributed by atoms with Crippen molar-refractivity contribution in [1.29, 1.82) is 0 Å². The van der Waals surface area contributed by atoms with Crippen molar-refractivity contribution in [1.82, 2.24) is 4.90 Å². The molecule has 2 N–H and O–H groups in total. The lowest BCUT2D eigenvalue weighted by Gasteiger charge is -2.32. The smallest absolute Gasteiger partial charge is 0.138 e. The number of phenols is 1. The molecule has 1 aromatic rings. The van der Waals surface area contributed by atoms with Gasteiger partial charge in [-0.05, 0) is 56.3 Å². The lowest BCUT2D eigenvalue weighted by atomic mass is 9.90. The van der Waals surface area contributed by atoms with Crippen LogP contribution >= 0.6 is 0 Å². The van der Waals surface area contributed by atoms with E-state index < -0.39 is 0 Å². The van der Waals surface area contributed by atoms with E-state index in [0.717, 1.165) is 23.7 Å². The Morgan fingerprint density at radius 3 is 3.11 bits per heavy atom. The molecule has 2 fully saturated rings. The summed E-state index contributed by atoms with van der Waals surface area (Å²) in [5.41, 5.74) is 2.29. The molecule has 2 atom stereocenters. The minimum atomic E-state index is 0.330. The van der Waals surface area contributed by atoms with Crippen molar-refractivity contribution < 1.29 is 5.11 Å². The molecular weight excluding hydrogens is 236 g/mol. The fraction of sp³-hybridized carbons (Fsp3) is 0.625. The summed E-state index contributed by atoms with van der Waals surface area (Å²) < 4.78 is 0. The van der Waals surface area contributed by atoms with E-state index in [0.29, 0.717) is 11.3 Å². The van der Waals surface area contributed by atoms with Gasteiger partial charge in [0.15, 0.2) is 0 Å². The van der Waals surface area contributed by atoms with E-state index in [4.69, 9.17) is 0 Å². The Balaban J connectivity index is 1.71. The minimum absolute atomic E-state index is 0.330. The molecule has 0 amide bonds. The molecule has 0 saturated carbocycles. The van der Waals surface area contributed by atoms with Gasteiger partial charge in [0, 0.05) is 18.6 Å². The summed E-state index contributed by atoms with van der Waals surface area (Å²) in [6, 6.07) is 5.85. The highest BCUT2D eigenvalue weighted by Crippen LogP contribution is 2.41. The molecule has 3 rings (SSSR count). The number of hydrogen-bond donors (Lipinski definition) is 2. The van der Waals surface area contributed by atoms with E-state index in [1.54, 1.807) is 0 Å². The van der Waals surface area contributed by atoms with Crippen LogP contribution < -0.4 is 5.32 Å². The second-order valence-electron chi connectivity index (χ2n) is 6.46. The first-order valence-electron chi connectivity index (χ1n) is 7.38. The van der Waals surface area contributed by atoms with Gasteiger partial charge >= 0.3 is 0 Å². The van der Waals surface area contributed by atoms with Crippen molar-refractivity contribution in [3.8, 4) is 5.75 Å². The van der Waals surface area contributed by atoms with Gasteiger partial charge in [-0.3, -0.25) is 4.90 Å². The Kier molecular flexibility index (Phi) is 3.17. The number of anilines is 1. The van der Waals surface area contributed by atoms with Gasteiger partial charge in [0.2, 0.25) is 0 Å². The lowest BCUT2D eigenvalue weighted by Crippen LogP contribution is -2.44. The molecule has 0 aliphatic carbocycles. The number of nitrogens with zero attached hydrogens (tertiary/aromatic N) is 1. The van der Waals surface area contributed by atoms with Crippen molar-refractivity contribution in [2.75, 3.05) is 25.0 Å². The van der Waals surface area contributed by atoms with E-state index in [1.807, 2.05) is 25.1 Å². The summed E-state index contributed by atoms with van der Waals surface area (Å²) in [5, 5.41) is 13.5. The highest BCUT2D eigenvalue weighted by molar-refractivity contribution is 5.57. The monoisotopic (exact) mass is 260 g/mol. The number of hydrogen-bond acceptors (Lipinski definition) is 3. The van der Waals surface area contributed by atoms with Crippen LogP contribution in [0.2, 0.25) is 0 Å². The lowest BCUT2D eigenvalue weighted by molar-refractivity contribution is 0.209. The first kappa shape index (κ1) is 12.8. The van der Waals surface area contributed by atoms with E-state index >= 15 is 0 Å². The van der Waals surface area contributed by atoms with Crippen LogP contribution in [0.1, 0.15) is 31.7 Å². The van der Waals surface area contributed by atoms with Crippen LogP contribution in [0.4, 0.5) is 5.69 Å². The maximum Gasteiger partial charge on any atom is 0.138 e. The van der Waals surface area contributed by atoms with Gasteiger partial charge in [-0.15, -0.1) is 0 Å². The van der Waals surface area contributed by atoms with Crippen molar-refractivity contribution in [3.05, 3.63) is 23.8 Å². The molecule has 0 radical (unpaired) electrons. The number of benzene rings is 1. The minimum Gasteiger partial charge on any atom is -0.506 e. The van der Waals surface area contributed by atoms with Gasteiger partial charge in [-0.1, -0.05) is 13.0 Å². The fourth-order valence-electron chi connectivity index (χ4n) is 3.92. The van der Waals surface area contributed by atoms with E-state index in [2.05, 4.69) is 17.1 Å². The topological polar surface area (TPSA) is 35.5 Å². The highest BCUT2D eigenvalue weighted by atomic mass is 16.3. The zero-order valence-electron chi connectivity index (χ0n) is 11.9. The molecule has 0 bridgehead atoms. The summed E-state index contributed by atoms with van der Waals surface area (Å²) >= 11 is 0. The number of aromatic hydroxyl groups is 1. The van der Waals surface area contributed by atoms with Gasteiger partial charge in [-0.2, -0.15) is 0 Å². The van der Waals surface area contributed by atoms with E-state index in [-0.39, 0.29) is 0 Å². The van der Waals surface area contributed by atoms with Crippen LogP contribution in [0.25, 0.3) is 0 Å². The van der Waals surface area contributed by atoms with Gasteiger partial charge in [0.1, 0.15) is 5.75 Å². The molecule has 1 aromatic carbocycles. The number of phenolic OH excluding ortho intramolecular Hbond substituents is 1.